The predicted molar refractivity (Wildman–Crippen MR) is 87.5 cm³/mol. The van der Waals surface area contributed by atoms with E-state index in [9.17, 15) is 4.79 Å². The number of rotatable bonds is 9. The molecule has 1 heterocycles. The number of carbonyl (C=O) groups is 1. The van der Waals surface area contributed by atoms with Crippen LogP contribution in [0.2, 0.25) is 0 Å². The molecule has 1 aliphatic rings. The van der Waals surface area contributed by atoms with E-state index in [1.54, 1.807) is 0 Å². The molecule has 1 aliphatic carbocycles. The van der Waals surface area contributed by atoms with Crippen LogP contribution in [0.5, 0.6) is 0 Å². The third-order valence-corrected chi connectivity index (χ3v) is 4.59. The maximum Gasteiger partial charge on any atom is 0.240 e. The lowest BCUT2D eigenvalue weighted by Gasteiger charge is -2.26. The standard InChI is InChI=1S/C16H29N5O2/c1-3-21(4-2)12-14-18-15(20-23-14)16(9-5-6-10-16)19-13(22)8-7-11-17/h3-12,17H2,1-2H3,(H,19,22). The zero-order valence-electron chi connectivity index (χ0n) is 14.3. The van der Waals surface area contributed by atoms with Crippen LogP contribution in [-0.2, 0) is 16.9 Å². The summed E-state index contributed by atoms with van der Waals surface area (Å²) in [5, 5.41) is 7.32. The number of aromatic nitrogens is 2. The first-order chi connectivity index (χ1) is 11.1. The highest BCUT2D eigenvalue weighted by molar-refractivity contribution is 5.76. The van der Waals surface area contributed by atoms with E-state index in [0.717, 1.165) is 38.8 Å². The van der Waals surface area contributed by atoms with Gasteiger partial charge in [0.05, 0.1) is 6.54 Å². The monoisotopic (exact) mass is 323 g/mol. The molecule has 3 N–H and O–H groups in total. The SMILES string of the molecule is CCN(CC)Cc1nc(C2(NC(=O)CCCN)CCCC2)no1. The van der Waals surface area contributed by atoms with Gasteiger partial charge in [-0.3, -0.25) is 9.69 Å². The lowest BCUT2D eigenvalue weighted by Crippen LogP contribution is -2.44. The molecule has 23 heavy (non-hydrogen) atoms. The molecule has 0 aromatic carbocycles. The number of amides is 1. The van der Waals surface area contributed by atoms with E-state index in [-0.39, 0.29) is 5.91 Å². The maximum absolute atomic E-state index is 12.2. The first kappa shape index (κ1) is 17.9. The van der Waals surface area contributed by atoms with E-state index in [1.165, 1.54) is 0 Å². The quantitative estimate of drug-likeness (QED) is 0.715. The van der Waals surface area contributed by atoms with Gasteiger partial charge >= 0.3 is 0 Å². The Bertz CT molecular complexity index is 492. The molecule has 0 bridgehead atoms. The molecule has 1 amide bonds. The highest BCUT2D eigenvalue weighted by Gasteiger charge is 2.41. The molecule has 2 rings (SSSR count). The van der Waals surface area contributed by atoms with Gasteiger partial charge in [0.1, 0.15) is 5.54 Å². The fourth-order valence-electron chi connectivity index (χ4n) is 3.13. The van der Waals surface area contributed by atoms with Crippen LogP contribution in [0.4, 0.5) is 0 Å². The van der Waals surface area contributed by atoms with Gasteiger partial charge in [-0.2, -0.15) is 4.98 Å². The number of nitrogens with two attached hydrogens (primary N) is 1. The van der Waals surface area contributed by atoms with Gasteiger partial charge in [-0.1, -0.05) is 31.8 Å². The molecule has 7 nitrogen and oxygen atoms in total. The number of nitrogens with one attached hydrogen (secondary N) is 1. The normalized spacial score (nSPS) is 16.9. The highest BCUT2D eigenvalue weighted by atomic mass is 16.5. The zero-order valence-corrected chi connectivity index (χ0v) is 14.3. The Labute approximate surface area is 138 Å². The van der Waals surface area contributed by atoms with Crippen molar-refractivity contribution in [2.75, 3.05) is 19.6 Å². The van der Waals surface area contributed by atoms with Crippen molar-refractivity contribution in [2.45, 2.75) is 64.5 Å². The summed E-state index contributed by atoms with van der Waals surface area (Å²) in [5.41, 5.74) is 5.02. The Hall–Kier alpha value is -1.47. The van der Waals surface area contributed by atoms with Gasteiger partial charge in [0.2, 0.25) is 11.8 Å². The van der Waals surface area contributed by atoms with Crippen LogP contribution < -0.4 is 11.1 Å². The van der Waals surface area contributed by atoms with Gasteiger partial charge in [0, 0.05) is 6.42 Å². The fourth-order valence-corrected chi connectivity index (χ4v) is 3.13. The lowest BCUT2D eigenvalue weighted by atomic mass is 9.96. The minimum absolute atomic E-state index is 0.0208. The van der Waals surface area contributed by atoms with Crippen LogP contribution in [0.1, 0.15) is 64.1 Å². The highest BCUT2D eigenvalue weighted by Crippen LogP contribution is 2.37. The van der Waals surface area contributed by atoms with Crippen LogP contribution >= 0.6 is 0 Å². The molecule has 130 valence electrons. The number of nitrogens with zero attached hydrogens (tertiary/aromatic N) is 3. The van der Waals surface area contributed by atoms with Gasteiger partial charge in [0.25, 0.3) is 0 Å². The molecule has 0 aliphatic heterocycles. The van der Waals surface area contributed by atoms with E-state index in [1.807, 2.05) is 0 Å². The number of hydrogen-bond acceptors (Lipinski definition) is 6. The van der Waals surface area contributed by atoms with Gasteiger partial charge in [-0.25, -0.2) is 0 Å². The van der Waals surface area contributed by atoms with Crippen molar-refractivity contribution in [1.82, 2.24) is 20.4 Å². The van der Waals surface area contributed by atoms with Crippen molar-refractivity contribution in [3.05, 3.63) is 11.7 Å². The molecule has 1 saturated carbocycles. The zero-order chi connectivity index (χ0) is 16.7. The molecule has 0 saturated heterocycles. The number of hydrogen-bond donors (Lipinski definition) is 2. The Morgan fingerprint density at radius 3 is 2.65 bits per heavy atom. The Balaban J connectivity index is 2.08. The largest absolute Gasteiger partial charge is 0.343 e. The summed E-state index contributed by atoms with van der Waals surface area (Å²) in [7, 11) is 0. The summed E-state index contributed by atoms with van der Waals surface area (Å²) in [6, 6.07) is 0. The van der Waals surface area contributed by atoms with E-state index < -0.39 is 5.54 Å². The first-order valence-corrected chi connectivity index (χ1v) is 8.70. The summed E-state index contributed by atoms with van der Waals surface area (Å²) in [6.45, 7) is 7.27. The molecule has 0 radical (unpaired) electrons. The van der Waals surface area contributed by atoms with E-state index in [4.69, 9.17) is 10.3 Å². The van der Waals surface area contributed by atoms with Crippen LogP contribution in [0.15, 0.2) is 4.52 Å². The van der Waals surface area contributed by atoms with Crippen LogP contribution in [0.25, 0.3) is 0 Å². The predicted octanol–water partition coefficient (Wildman–Crippen LogP) is 1.54. The fraction of sp³-hybridized carbons (Fsp3) is 0.812. The average Bonchev–Trinajstić information content (AvgIpc) is 3.20. The minimum Gasteiger partial charge on any atom is -0.343 e. The Morgan fingerprint density at radius 2 is 2.04 bits per heavy atom. The first-order valence-electron chi connectivity index (χ1n) is 8.70. The van der Waals surface area contributed by atoms with Crippen molar-refractivity contribution >= 4 is 5.91 Å². The van der Waals surface area contributed by atoms with Crippen molar-refractivity contribution in [3.8, 4) is 0 Å². The molecule has 0 spiro atoms. The van der Waals surface area contributed by atoms with E-state index >= 15 is 0 Å². The molecule has 1 aromatic heterocycles. The van der Waals surface area contributed by atoms with Crippen LogP contribution in [-0.4, -0.2) is 40.6 Å². The average molecular weight is 323 g/mol. The third kappa shape index (κ3) is 4.51. The smallest absolute Gasteiger partial charge is 0.240 e. The molecule has 1 aromatic rings. The molecule has 0 atom stereocenters. The van der Waals surface area contributed by atoms with Crippen molar-refractivity contribution in [2.24, 2.45) is 5.73 Å². The van der Waals surface area contributed by atoms with Gasteiger partial charge in [0.15, 0.2) is 5.82 Å². The van der Waals surface area contributed by atoms with E-state index in [2.05, 4.69) is 34.2 Å². The maximum atomic E-state index is 12.2. The van der Waals surface area contributed by atoms with Crippen molar-refractivity contribution < 1.29 is 9.32 Å². The molecule has 0 unspecified atom stereocenters. The second-order valence-corrected chi connectivity index (χ2v) is 6.20. The van der Waals surface area contributed by atoms with Gasteiger partial charge < -0.3 is 15.6 Å². The Morgan fingerprint density at radius 1 is 1.35 bits per heavy atom. The molecule has 7 heteroatoms. The molecular formula is C16H29N5O2. The van der Waals surface area contributed by atoms with Gasteiger partial charge in [-0.05, 0) is 38.9 Å². The second-order valence-electron chi connectivity index (χ2n) is 6.20. The lowest BCUT2D eigenvalue weighted by molar-refractivity contribution is -0.123. The van der Waals surface area contributed by atoms with Crippen molar-refractivity contribution in [1.29, 1.82) is 0 Å². The summed E-state index contributed by atoms with van der Waals surface area (Å²) in [4.78, 5) is 18.9. The summed E-state index contributed by atoms with van der Waals surface area (Å²) >= 11 is 0. The Kier molecular flexibility index (Phi) is 6.53. The van der Waals surface area contributed by atoms with Crippen LogP contribution in [0, 0.1) is 0 Å². The third-order valence-electron chi connectivity index (χ3n) is 4.59. The topological polar surface area (TPSA) is 97.3 Å². The van der Waals surface area contributed by atoms with E-state index in [0.29, 0.717) is 37.6 Å². The van der Waals surface area contributed by atoms with Crippen LogP contribution in [0.3, 0.4) is 0 Å². The minimum atomic E-state index is -0.462. The summed E-state index contributed by atoms with van der Waals surface area (Å²) in [5.74, 6) is 1.26. The molecule has 1 fully saturated rings. The van der Waals surface area contributed by atoms with Gasteiger partial charge in [-0.15, -0.1) is 0 Å². The summed E-state index contributed by atoms with van der Waals surface area (Å²) in [6.07, 6.45) is 5.01. The molecular weight excluding hydrogens is 294 g/mol. The second kappa shape index (κ2) is 8.40. The van der Waals surface area contributed by atoms with Crippen molar-refractivity contribution in [3.63, 3.8) is 0 Å². The summed E-state index contributed by atoms with van der Waals surface area (Å²) < 4.78 is 5.42. The number of carbonyl (C=O) groups excluding carboxylic acids is 1.